The summed E-state index contributed by atoms with van der Waals surface area (Å²) in [5.74, 6) is 0.397. The molecule has 0 bridgehead atoms. The summed E-state index contributed by atoms with van der Waals surface area (Å²) in [4.78, 5) is 12.9. The molecule has 0 heterocycles. The smallest absolute Gasteiger partial charge is 0.185 e. The van der Waals surface area contributed by atoms with Gasteiger partial charge in [-0.2, -0.15) is 0 Å². The topological polar surface area (TPSA) is 17.1 Å². The van der Waals surface area contributed by atoms with Gasteiger partial charge in [0.15, 0.2) is 5.78 Å². The van der Waals surface area contributed by atoms with Crippen molar-refractivity contribution in [2.45, 2.75) is 19.8 Å². The van der Waals surface area contributed by atoms with Crippen molar-refractivity contribution in [2.75, 3.05) is 0 Å². The quantitative estimate of drug-likeness (QED) is 0.564. The van der Waals surface area contributed by atoms with Crippen LogP contribution in [0.25, 0.3) is 12.2 Å². The molecule has 1 saturated carbocycles. The number of carbonyl (C=O) groups is 1. The molecular weight excluding hydrogens is 339 g/mol. The third-order valence-electron chi connectivity index (χ3n) is 4.33. The molecule has 3 heteroatoms. The van der Waals surface area contributed by atoms with Gasteiger partial charge in [-0.25, -0.2) is 0 Å². The molecule has 2 aromatic carbocycles. The van der Waals surface area contributed by atoms with Crippen molar-refractivity contribution in [3.05, 3.63) is 80.8 Å². The second-order valence-corrected chi connectivity index (χ2v) is 7.01. The predicted octanol–water partition coefficient (Wildman–Crippen LogP) is 6.46. The van der Waals surface area contributed by atoms with E-state index >= 15 is 0 Å². The van der Waals surface area contributed by atoms with Crippen molar-refractivity contribution in [1.82, 2.24) is 0 Å². The van der Waals surface area contributed by atoms with Crippen LogP contribution in [0.5, 0.6) is 0 Å². The molecule has 1 atom stereocenters. The van der Waals surface area contributed by atoms with E-state index in [-0.39, 0.29) is 11.7 Å². The Balaban J connectivity index is 1.91. The zero-order valence-corrected chi connectivity index (χ0v) is 14.9. The molecule has 1 nitrogen and oxygen atoms in total. The lowest BCUT2D eigenvalue weighted by Crippen LogP contribution is -2.19. The molecule has 1 fully saturated rings. The van der Waals surface area contributed by atoms with Crippen LogP contribution in [-0.4, -0.2) is 5.78 Å². The van der Waals surface area contributed by atoms with Gasteiger partial charge in [-0.05, 0) is 66.3 Å². The Kier molecular flexibility index (Phi) is 5.23. The molecule has 0 aliphatic heterocycles. The van der Waals surface area contributed by atoms with Crippen molar-refractivity contribution in [1.29, 1.82) is 0 Å². The first kappa shape index (κ1) is 17.0. The SMILES string of the molecule is C[C@@H]1CC/C(=C/c2ccc(Cl)cc2)C(=O)/C1=C\c1ccc(Cl)cc1. The highest BCUT2D eigenvalue weighted by Crippen LogP contribution is 2.32. The Morgan fingerprint density at radius 2 is 1.38 bits per heavy atom. The van der Waals surface area contributed by atoms with Gasteiger partial charge >= 0.3 is 0 Å². The number of benzene rings is 2. The minimum absolute atomic E-state index is 0.138. The van der Waals surface area contributed by atoms with Crippen LogP contribution < -0.4 is 0 Å². The molecule has 1 aliphatic carbocycles. The predicted molar refractivity (Wildman–Crippen MR) is 102 cm³/mol. The fraction of sp³-hybridized carbons (Fsp3) is 0.190. The molecule has 1 aliphatic rings. The van der Waals surface area contributed by atoms with Crippen LogP contribution in [-0.2, 0) is 4.79 Å². The van der Waals surface area contributed by atoms with E-state index in [0.29, 0.717) is 10.0 Å². The Morgan fingerprint density at radius 3 is 1.92 bits per heavy atom. The van der Waals surface area contributed by atoms with E-state index in [9.17, 15) is 4.79 Å². The van der Waals surface area contributed by atoms with Crippen LogP contribution in [0.3, 0.4) is 0 Å². The second-order valence-electron chi connectivity index (χ2n) is 6.14. The van der Waals surface area contributed by atoms with E-state index in [0.717, 1.165) is 35.1 Å². The number of hydrogen-bond donors (Lipinski definition) is 0. The van der Waals surface area contributed by atoms with Crippen LogP contribution >= 0.6 is 23.2 Å². The molecule has 2 aromatic rings. The molecule has 0 aromatic heterocycles. The lowest BCUT2D eigenvalue weighted by atomic mass is 9.80. The molecule has 0 N–H and O–H groups in total. The van der Waals surface area contributed by atoms with Gasteiger partial charge in [-0.15, -0.1) is 0 Å². The van der Waals surface area contributed by atoms with E-state index in [4.69, 9.17) is 23.2 Å². The summed E-state index contributed by atoms with van der Waals surface area (Å²) in [6.07, 6.45) is 5.74. The van der Waals surface area contributed by atoms with Gasteiger partial charge in [0.05, 0.1) is 0 Å². The van der Waals surface area contributed by atoms with Crippen LogP contribution in [0, 0.1) is 5.92 Å². The number of allylic oxidation sites excluding steroid dienone is 2. The summed E-state index contributed by atoms with van der Waals surface area (Å²) in [6.45, 7) is 2.11. The summed E-state index contributed by atoms with van der Waals surface area (Å²) >= 11 is 11.9. The van der Waals surface area contributed by atoms with Gasteiger partial charge in [0.1, 0.15) is 0 Å². The van der Waals surface area contributed by atoms with Gasteiger partial charge in [-0.1, -0.05) is 54.4 Å². The molecular formula is C21H18Cl2O. The van der Waals surface area contributed by atoms with Crippen molar-refractivity contribution < 1.29 is 4.79 Å². The van der Waals surface area contributed by atoms with E-state index in [1.165, 1.54) is 0 Å². The maximum atomic E-state index is 12.9. The molecule has 3 rings (SSSR count). The zero-order valence-electron chi connectivity index (χ0n) is 13.4. The zero-order chi connectivity index (χ0) is 17.1. The van der Waals surface area contributed by atoms with Gasteiger partial charge < -0.3 is 0 Å². The fourth-order valence-electron chi connectivity index (χ4n) is 2.89. The minimum Gasteiger partial charge on any atom is -0.289 e. The first-order valence-corrected chi connectivity index (χ1v) is 8.76. The van der Waals surface area contributed by atoms with Crippen LogP contribution in [0.1, 0.15) is 30.9 Å². The van der Waals surface area contributed by atoms with Crippen LogP contribution in [0.2, 0.25) is 10.0 Å². The summed E-state index contributed by atoms with van der Waals surface area (Å²) < 4.78 is 0. The van der Waals surface area contributed by atoms with Crippen LogP contribution in [0.4, 0.5) is 0 Å². The van der Waals surface area contributed by atoms with Gasteiger partial charge in [0, 0.05) is 21.2 Å². The number of carbonyl (C=O) groups excluding carboxylic acids is 1. The molecule has 24 heavy (non-hydrogen) atoms. The molecule has 0 amide bonds. The highest BCUT2D eigenvalue weighted by molar-refractivity contribution is 6.30. The maximum Gasteiger partial charge on any atom is 0.185 e. The van der Waals surface area contributed by atoms with Crippen molar-refractivity contribution in [3.63, 3.8) is 0 Å². The highest BCUT2D eigenvalue weighted by atomic mass is 35.5. The second kappa shape index (κ2) is 7.38. The van der Waals surface area contributed by atoms with E-state index in [2.05, 4.69) is 6.92 Å². The third-order valence-corrected chi connectivity index (χ3v) is 4.84. The number of halogens is 2. The highest BCUT2D eigenvalue weighted by Gasteiger charge is 2.26. The molecule has 0 saturated heterocycles. The Labute approximate surface area is 152 Å². The Hall–Kier alpha value is -1.83. The van der Waals surface area contributed by atoms with E-state index in [1.54, 1.807) is 0 Å². The van der Waals surface area contributed by atoms with E-state index < -0.39 is 0 Å². The molecule has 0 unspecified atom stereocenters. The summed E-state index contributed by atoms with van der Waals surface area (Å²) in [7, 11) is 0. The summed E-state index contributed by atoms with van der Waals surface area (Å²) in [6, 6.07) is 15.1. The fourth-order valence-corrected chi connectivity index (χ4v) is 3.15. The van der Waals surface area contributed by atoms with Gasteiger partial charge in [0.2, 0.25) is 0 Å². The maximum absolute atomic E-state index is 12.9. The minimum atomic E-state index is 0.138. The molecule has 0 spiro atoms. The number of Topliss-reactive ketones (excluding diaryl/α,β-unsaturated/α-hetero) is 1. The molecule has 122 valence electrons. The monoisotopic (exact) mass is 356 g/mol. The Morgan fingerprint density at radius 1 is 0.875 bits per heavy atom. The number of ketones is 1. The number of hydrogen-bond acceptors (Lipinski definition) is 1. The van der Waals surface area contributed by atoms with E-state index in [1.807, 2.05) is 60.7 Å². The van der Waals surface area contributed by atoms with Crippen molar-refractivity contribution in [2.24, 2.45) is 5.92 Å². The van der Waals surface area contributed by atoms with Crippen molar-refractivity contribution >= 4 is 41.1 Å². The summed E-state index contributed by atoms with van der Waals surface area (Å²) in [5.41, 5.74) is 3.73. The Bertz CT molecular complexity index is 799. The first-order chi connectivity index (χ1) is 11.5. The average molecular weight is 357 g/mol. The summed E-state index contributed by atoms with van der Waals surface area (Å²) in [5, 5.41) is 1.40. The normalized spacial score (nSPS) is 21.5. The lowest BCUT2D eigenvalue weighted by Gasteiger charge is -2.23. The lowest BCUT2D eigenvalue weighted by molar-refractivity contribution is -0.113. The third kappa shape index (κ3) is 3.98. The van der Waals surface area contributed by atoms with Gasteiger partial charge in [0.25, 0.3) is 0 Å². The van der Waals surface area contributed by atoms with Crippen molar-refractivity contribution in [3.8, 4) is 0 Å². The molecule has 0 radical (unpaired) electrons. The average Bonchev–Trinajstić information content (AvgIpc) is 2.58. The van der Waals surface area contributed by atoms with Crippen LogP contribution in [0.15, 0.2) is 59.7 Å². The van der Waals surface area contributed by atoms with Gasteiger partial charge in [-0.3, -0.25) is 4.79 Å². The largest absolute Gasteiger partial charge is 0.289 e. The number of rotatable bonds is 2. The first-order valence-electron chi connectivity index (χ1n) is 8.01. The standard InChI is InChI=1S/C21H18Cl2O/c1-14-2-7-17(12-15-3-8-18(22)9-4-15)21(24)20(14)13-16-5-10-19(23)11-6-16/h3-6,8-14H,2,7H2,1H3/b17-12-,20-13-/t14-/m1/s1.